The summed E-state index contributed by atoms with van der Waals surface area (Å²) in [5.74, 6) is -3.48. The highest BCUT2D eigenvalue weighted by Crippen LogP contribution is 2.33. The Balaban J connectivity index is 1.39. The molecule has 0 spiro atoms. The highest BCUT2D eigenvalue weighted by molar-refractivity contribution is 6.42. The number of rotatable bonds is 6. The van der Waals surface area contributed by atoms with Gasteiger partial charge in [0.1, 0.15) is 12.0 Å². The second-order valence-electron chi connectivity index (χ2n) is 8.56. The van der Waals surface area contributed by atoms with Crippen LogP contribution in [0.15, 0.2) is 60.7 Å². The Labute approximate surface area is 187 Å². The molecule has 4 rings (SSSR count). The first-order valence-corrected chi connectivity index (χ1v) is 11.0. The first-order chi connectivity index (χ1) is 15.5. The first kappa shape index (κ1) is 21.7. The van der Waals surface area contributed by atoms with Crippen molar-refractivity contribution in [2.45, 2.75) is 43.7 Å². The molecule has 1 saturated carbocycles. The summed E-state index contributed by atoms with van der Waals surface area (Å²) in [6.45, 7) is -0.147. The second-order valence-corrected chi connectivity index (χ2v) is 8.56. The number of nitrogens with two attached hydrogens (primary N) is 1. The molecular formula is C25H27N3O4. The molecule has 166 valence electrons. The maximum Gasteiger partial charge on any atom is 0.291 e. The number of ketones is 1. The van der Waals surface area contributed by atoms with Crippen LogP contribution in [0.4, 0.5) is 0 Å². The Morgan fingerprint density at radius 1 is 0.906 bits per heavy atom. The third kappa shape index (κ3) is 4.42. The van der Waals surface area contributed by atoms with E-state index >= 15 is 0 Å². The number of amides is 3. The van der Waals surface area contributed by atoms with E-state index in [1.165, 1.54) is 5.56 Å². The molecule has 32 heavy (non-hydrogen) atoms. The van der Waals surface area contributed by atoms with Crippen molar-refractivity contribution in [2.24, 2.45) is 11.7 Å². The zero-order valence-corrected chi connectivity index (χ0v) is 17.8. The SMILES string of the molecule is NC(=O)C(c1ccccc1)N1CC(C(=O)NC2CCC(c3ccccc3)CC2)C(=O)C1=O. The van der Waals surface area contributed by atoms with Gasteiger partial charge in [0, 0.05) is 12.6 Å². The molecule has 0 bridgehead atoms. The van der Waals surface area contributed by atoms with E-state index in [4.69, 9.17) is 5.73 Å². The molecule has 2 aromatic carbocycles. The van der Waals surface area contributed by atoms with Gasteiger partial charge in [0.15, 0.2) is 0 Å². The van der Waals surface area contributed by atoms with Gasteiger partial charge >= 0.3 is 0 Å². The summed E-state index contributed by atoms with van der Waals surface area (Å²) in [5.41, 5.74) is 7.37. The summed E-state index contributed by atoms with van der Waals surface area (Å²) in [5, 5.41) is 2.96. The number of likely N-dealkylation sites (tertiary alicyclic amines) is 1. The van der Waals surface area contributed by atoms with Gasteiger partial charge in [0.25, 0.3) is 5.91 Å². The van der Waals surface area contributed by atoms with Crippen LogP contribution in [-0.4, -0.2) is 41.0 Å². The van der Waals surface area contributed by atoms with E-state index < -0.39 is 35.5 Å². The van der Waals surface area contributed by atoms with Gasteiger partial charge in [-0.05, 0) is 42.7 Å². The van der Waals surface area contributed by atoms with Crippen LogP contribution in [0.5, 0.6) is 0 Å². The van der Waals surface area contributed by atoms with Crippen LogP contribution < -0.4 is 11.1 Å². The van der Waals surface area contributed by atoms with Gasteiger partial charge in [0.2, 0.25) is 17.6 Å². The average molecular weight is 434 g/mol. The standard InChI is InChI=1S/C25H27N3O4/c26-23(30)21(18-9-5-2-6-10-18)28-15-20(22(29)25(28)32)24(31)27-19-13-11-17(12-14-19)16-7-3-1-4-8-16/h1-10,17,19-21H,11-15H2,(H2,26,30)(H,27,31). The Morgan fingerprint density at radius 3 is 2.09 bits per heavy atom. The molecule has 2 fully saturated rings. The molecule has 7 heteroatoms. The van der Waals surface area contributed by atoms with Crippen LogP contribution in [0.1, 0.15) is 48.8 Å². The zero-order chi connectivity index (χ0) is 22.7. The van der Waals surface area contributed by atoms with Crippen molar-refractivity contribution in [3.8, 4) is 0 Å². The van der Waals surface area contributed by atoms with Gasteiger partial charge in [-0.15, -0.1) is 0 Å². The summed E-state index contributed by atoms with van der Waals surface area (Å²) in [4.78, 5) is 51.3. The van der Waals surface area contributed by atoms with Crippen LogP contribution >= 0.6 is 0 Å². The maximum absolute atomic E-state index is 12.9. The number of nitrogens with one attached hydrogen (secondary N) is 1. The van der Waals surface area contributed by atoms with Gasteiger partial charge in [0.05, 0.1) is 0 Å². The van der Waals surface area contributed by atoms with Crippen molar-refractivity contribution in [3.05, 3.63) is 71.8 Å². The fraction of sp³-hybridized carbons (Fsp3) is 0.360. The molecular weight excluding hydrogens is 406 g/mol. The molecule has 3 N–H and O–H groups in total. The van der Waals surface area contributed by atoms with Crippen molar-refractivity contribution in [1.29, 1.82) is 0 Å². The van der Waals surface area contributed by atoms with Crippen LogP contribution in [0.3, 0.4) is 0 Å². The molecule has 1 saturated heterocycles. The Hall–Kier alpha value is -3.48. The maximum atomic E-state index is 12.9. The average Bonchev–Trinajstić information content (AvgIpc) is 3.10. The fourth-order valence-electron chi connectivity index (χ4n) is 4.81. The Morgan fingerprint density at radius 2 is 1.50 bits per heavy atom. The number of Topliss-reactive ketones (excluding diaryl/α,β-unsaturated/α-hetero) is 1. The van der Waals surface area contributed by atoms with Gasteiger partial charge in [-0.2, -0.15) is 0 Å². The minimum absolute atomic E-state index is 0.0273. The lowest BCUT2D eigenvalue weighted by molar-refractivity contribution is -0.144. The summed E-state index contributed by atoms with van der Waals surface area (Å²) < 4.78 is 0. The molecule has 2 unspecified atom stereocenters. The third-order valence-corrected chi connectivity index (χ3v) is 6.52. The predicted octanol–water partition coefficient (Wildman–Crippen LogP) is 2.08. The summed E-state index contributed by atoms with van der Waals surface area (Å²) >= 11 is 0. The Kier molecular flexibility index (Phi) is 6.35. The molecule has 1 aliphatic heterocycles. The molecule has 2 aliphatic rings. The predicted molar refractivity (Wildman–Crippen MR) is 118 cm³/mol. The number of hydrogen-bond acceptors (Lipinski definition) is 4. The van der Waals surface area contributed by atoms with Crippen molar-refractivity contribution < 1.29 is 19.2 Å². The van der Waals surface area contributed by atoms with Crippen molar-refractivity contribution in [3.63, 3.8) is 0 Å². The lowest BCUT2D eigenvalue weighted by Crippen LogP contribution is -2.43. The fourth-order valence-corrected chi connectivity index (χ4v) is 4.81. The minimum atomic E-state index is -1.13. The number of hydrogen-bond donors (Lipinski definition) is 2. The van der Waals surface area contributed by atoms with Crippen LogP contribution in [0.25, 0.3) is 0 Å². The van der Waals surface area contributed by atoms with E-state index in [2.05, 4.69) is 17.4 Å². The molecule has 1 aliphatic carbocycles. The van der Waals surface area contributed by atoms with Crippen molar-refractivity contribution in [2.75, 3.05) is 6.54 Å². The van der Waals surface area contributed by atoms with Crippen molar-refractivity contribution >= 4 is 23.5 Å². The number of nitrogens with zero attached hydrogens (tertiary/aromatic N) is 1. The molecule has 0 aromatic heterocycles. The molecule has 2 aromatic rings. The largest absolute Gasteiger partial charge is 0.368 e. The molecule has 3 amide bonds. The first-order valence-electron chi connectivity index (χ1n) is 11.0. The third-order valence-electron chi connectivity index (χ3n) is 6.52. The van der Waals surface area contributed by atoms with E-state index in [0.717, 1.165) is 30.6 Å². The van der Waals surface area contributed by atoms with E-state index in [0.29, 0.717) is 11.5 Å². The normalized spacial score (nSPS) is 24.2. The van der Waals surface area contributed by atoms with Crippen molar-refractivity contribution in [1.82, 2.24) is 10.2 Å². The lowest BCUT2D eigenvalue weighted by atomic mass is 9.81. The smallest absolute Gasteiger partial charge is 0.291 e. The van der Waals surface area contributed by atoms with Crippen LogP contribution in [0, 0.1) is 5.92 Å². The van der Waals surface area contributed by atoms with Crippen LogP contribution in [-0.2, 0) is 19.2 Å². The quantitative estimate of drug-likeness (QED) is 0.537. The lowest BCUT2D eigenvalue weighted by Gasteiger charge is -2.30. The van der Waals surface area contributed by atoms with E-state index in [9.17, 15) is 19.2 Å². The summed E-state index contributed by atoms with van der Waals surface area (Å²) in [6, 6.07) is 17.8. The van der Waals surface area contributed by atoms with E-state index in [1.807, 2.05) is 18.2 Å². The molecule has 0 radical (unpaired) electrons. The highest BCUT2D eigenvalue weighted by Gasteiger charge is 2.47. The van der Waals surface area contributed by atoms with Gasteiger partial charge in [-0.3, -0.25) is 19.2 Å². The number of primary amides is 1. The van der Waals surface area contributed by atoms with Gasteiger partial charge < -0.3 is 16.0 Å². The molecule has 7 nitrogen and oxygen atoms in total. The summed E-state index contributed by atoms with van der Waals surface area (Å²) in [7, 11) is 0. The molecule has 2 atom stereocenters. The van der Waals surface area contributed by atoms with E-state index in [1.54, 1.807) is 30.3 Å². The molecule has 1 heterocycles. The number of carbonyl (C=O) groups is 4. The monoisotopic (exact) mass is 433 g/mol. The van der Waals surface area contributed by atoms with E-state index in [-0.39, 0.29) is 12.6 Å². The topological polar surface area (TPSA) is 110 Å². The highest BCUT2D eigenvalue weighted by atomic mass is 16.2. The number of carbonyl (C=O) groups excluding carboxylic acids is 4. The minimum Gasteiger partial charge on any atom is -0.368 e. The van der Waals surface area contributed by atoms with Gasteiger partial charge in [-0.1, -0.05) is 60.7 Å². The van der Waals surface area contributed by atoms with Gasteiger partial charge in [-0.25, -0.2) is 0 Å². The summed E-state index contributed by atoms with van der Waals surface area (Å²) in [6.07, 6.45) is 3.54. The zero-order valence-electron chi connectivity index (χ0n) is 17.8. The number of benzene rings is 2. The second kappa shape index (κ2) is 9.34. The van der Waals surface area contributed by atoms with Crippen LogP contribution in [0.2, 0.25) is 0 Å². The Bertz CT molecular complexity index is 1000.